The van der Waals surface area contributed by atoms with E-state index in [0.717, 1.165) is 0 Å². The van der Waals surface area contributed by atoms with Gasteiger partial charge >= 0.3 is 53.6 Å². The molecule has 0 amide bonds. The van der Waals surface area contributed by atoms with Gasteiger partial charge in [-0.2, -0.15) is 0 Å². The van der Waals surface area contributed by atoms with Crippen molar-refractivity contribution in [3.05, 3.63) is 39.4 Å². The molecule has 71 valence electrons. The van der Waals surface area contributed by atoms with Crippen molar-refractivity contribution in [2.24, 2.45) is 0 Å². The minimum Gasteiger partial charge on any atom is -0.512 e. The summed E-state index contributed by atoms with van der Waals surface area (Å²) < 4.78 is 0. The number of rotatable bonds is 0. The van der Waals surface area contributed by atoms with Crippen molar-refractivity contribution in [1.82, 2.24) is 0 Å². The maximum absolute atomic E-state index is 6.25. The van der Waals surface area contributed by atoms with E-state index in [1.165, 1.54) is 0 Å². The predicted octanol–water partition coefficient (Wildman–Crippen LogP) is 0.571. The Balaban J connectivity index is -0.00000000396. The van der Waals surface area contributed by atoms with Crippen LogP contribution in [0.2, 0.25) is 0 Å². The van der Waals surface area contributed by atoms with E-state index < -0.39 is 0 Å². The summed E-state index contributed by atoms with van der Waals surface area (Å²) >= 11 is 0. The molecule has 0 saturated heterocycles. The van der Waals surface area contributed by atoms with Crippen LogP contribution in [0.5, 0.6) is 0 Å². The summed E-state index contributed by atoms with van der Waals surface area (Å²) in [5, 5.41) is 37.5. The summed E-state index contributed by atoms with van der Waals surface area (Å²) in [6.45, 7) is 28.5. The Kier molecular flexibility index (Phi) is 5900. The molecule has 0 spiro atoms. The van der Waals surface area contributed by atoms with E-state index in [0.29, 0.717) is 0 Å². The van der Waals surface area contributed by atoms with Gasteiger partial charge < -0.3 is 71.0 Å². The maximum atomic E-state index is 6.25. The third-order valence-corrected chi connectivity index (χ3v) is 0. The fourth-order valence-corrected chi connectivity index (χ4v) is 0. The summed E-state index contributed by atoms with van der Waals surface area (Å²) in [6.07, 6.45) is 0. The van der Waals surface area contributed by atoms with Crippen molar-refractivity contribution in [1.29, 1.82) is 31.6 Å². The molecule has 0 heterocycles. The Morgan fingerprint density at radius 1 is 0.400 bits per heavy atom. The normalized spacial score (nSPS) is 0.800. The molecule has 6 nitrogen and oxygen atoms in total. The van der Waals surface area contributed by atoms with Gasteiger partial charge in [0.1, 0.15) is 0 Å². The van der Waals surface area contributed by atoms with Crippen molar-refractivity contribution < 1.29 is 53.6 Å². The Labute approximate surface area is 124 Å². The average Bonchev–Trinajstić information content (AvgIpc) is 2.33. The largest absolute Gasteiger partial charge is 3.00 e. The predicted molar refractivity (Wildman–Crippen MR) is 29.8 cm³/mol. The molecule has 0 aromatic heterocycles. The van der Waals surface area contributed by atoms with Crippen molar-refractivity contribution in [3.8, 4) is 0 Å². The number of nitrogens with zero attached hydrogens (tertiary/aromatic N) is 6. The zero-order valence-corrected chi connectivity index (χ0v) is 12.3. The molecular formula is C6Fe2N6Zn+. The average molecular weight is 333 g/mol. The first kappa shape index (κ1) is 102. The van der Waals surface area contributed by atoms with Gasteiger partial charge in [0, 0.05) is 0 Å². The van der Waals surface area contributed by atoms with Gasteiger partial charge in [0.15, 0.2) is 0 Å². The van der Waals surface area contributed by atoms with Crippen molar-refractivity contribution >= 4 is 0 Å². The van der Waals surface area contributed by atoms with Crippen LogP contribution >= 0.6 is 0 Å². The zero-order chi connectivity index (χ0) is 12.0. The Morgan fingerprint density at radius 2 is 0.400 bits per heavy atom. The van der Waals surface area contributed by atoms with E-state index in [2.05, 4.69) is 0 Å². The second kappa shape index (κ2) is 868. The first-order valence-corrected chi connectivity index (χ1v) is 1.34. The molecule has 0 aliphatic rings. The minimum absolute atomic E-state index is 0. The molecule has 0 aromatic rings. The van der Waals surface area contributed by atoms with Gasteiger partial charge in [-0.15, -0.1) is 0 Å². The van der Waals surface area contributed by atoms with Gasteiger partial charge in [0.2, 0.25) is 0 Å². The molecule has 0 rings (SSSR count). The Hall–Kier alpha value is -1.40. The molecule has 1 radical (unpaired) electrons. The molecule has 9 heteroatoms. The molecular weight excluding hydrogens is 333 g/mol. The van der Waals surface area contributed by atoms with Crippen LogP contribution in [0.15, 0.2) is 0 Å². The van der Waals surface area contributed by atoms with Gasteiger partial charge in [0.25, 0.3) is 0 Å². The Morgan fingerprint density at radius 3 is 0.400 bits per heavy atom. The standard InChI is InChI=1S/6CN.2Fe.Zn/c6*1-2;;;/q6*-1;+2;+3;+2. The van der Waals surface area contributed by atoms with Crippen LogP contribution in [-0.4, -0.2) is 0 Å². The molecule has 0 saturated carbocycles. The molecule has 0 aromatic carbocycles. The second-order valence-electron chi connectivity index (χ2n) is 0. The van der Waals surface area contributed by atoms with Crippen LogP contribution in [0.3, 0.4) is 0 Å². The quantitative estimate of drug-likeness (QED) is 0.468. The third-order valence-electron chi connectivity index (χ3n) is 0. The van der Waals surface area contributed by atoms with Crippen LogP contribution in [-0.2, 0) is 53.6 Å². The van der Waals surface area contributed by atoms with Crippen LogP contribution < -0.4 is 0 Å². The fraction of sp³-hybridized carbons (Fsp3) is 0. The van der Waals surface area contributed by atoms with E-state index >= 15 is 0 Å². The maximum Gasteiger partial charge on any atom is 3.00 e. The molecule has 15 heavy (non-hydrogen) atoms. The van der Waals surface area contributed by atoms with Gasteiger partial charge in [-0.25, -0.2) is 0 Å². The van der Waals surface area contributed by atoms with Crippen molar-refractivity contribution in [2.45, 2.75) is 0 Å². The fourth-order valence-electron chi connectivity index (χ4n) is 0. The molecule has 0 aliphatic carbocycles. The summed E-state index contributed by atoms with van der Waals surface area (Å²) in [7, 11) is 0. The zero-order valence-electron chi connectivity index (χ0n) is 7.10. The van der Waals surface area contributed by atoms with Crippen LogP contribution in [0.4, 0.5) is 0 Å². The summed E-state index contributed by atoms with van der Waals surface area (Å²) in [4.78, 5) is 0. The van der Waals surface area contributed by atoms with Gasteiger partial charge in [-0.3, -0.25) is 0 Å². The van der Waals surface area contributed by atoms with Gasteiger partial charge in [-0.05, 0) is 0 Å². The van der Waals surface area contributed by atoms with Crippen LogP contribution in [0.25, 0.3) is 0 Å². The van der Waals surface area contributed by atoms with E-state index in [-0.39, 0.29) is 53.6 Å². The van der Waals surface area contributed by atoms with Crippen molar-refractivity contribution in [2.75, 3.05) is 0 Å². The molecule has 0 atom stereocenters. The van der Waals surface area contributed by atoms with E-state index in [1.807, 2.05) is 0 Å². The van der Waals surface area contributed by atoms with Crippen molar-refractivity contribution in [3.63, 3.8) is 0 Å². The summed E-state index contributed by atoms with van der Waals surface area (Å²) in [5.41, 5.74) is 0. The molecule has 0 unspecified atom stereocenters. The number of hydrogen-bond donors (Lipinski definition) is 0. The third kappa shape index (κ3) is 725. The van der Waals surface area contributed by atoms with Crippen LogP contribution in [0, 0.1) is 71.0 Å². The van der Waals surface area contributed by atoms with E-state index in [9.17, 15) is 0 Å². The summed E-state index contributed by atoms with van der Waals surface area (Å²) in [5.74, 6) is 0. The van der Waals surface area contributed by atoms with Gasteiger partial charge in [0.05, 0.1) is 0 Å². The number of hydrogen-bond acceptors (Lipinski definition) is 6. The first-order valence-electron chi connectivity index (χ1n) is 1.34. The first-order chi connectivity index (χ1) is 6.00. The molecule has 0 aliphatic heterocycles. The smallest absolute Gasteiger partial charge is 0.512 e. The van der Waals surface area contributed by atoms with E-state index in [1.54, 1.807) is 0 Å². The molecule has 0 bridgehead atoms. The van der Waals surface area contributed by atoms with Crippen LogP contribution in [0.1, 0.15) is 0 Å². The minimum atomic E-state index is 0. The molecule has 0 N–H and O–H groups in total. The molecule has 0 fully saturated rings. The van der Waals surface area contributed by atoms with Gasteiger partial charge in [-0.1, -0.05) is 0 Å². The summed E-state index contributed by atoms with van der Waals surface area (Å²) in [6, 6.07) is 0. The Bertz CT molecular complexity index is 101. The SMILES string of the molecule is [C-]#N.[C-]#N.[C-]#N.[C-]#N.[C-]#N.[C-]#N.[Fe+2].[Fe+3].[Zn+2]. The monoisotopic (exact) mass is 332 g/mol. The topological polar surface area (TPSA) is 143 Å². The van der Waals surface area contributed by atoms with E-state index in [4.69, 9.17) is 71.0 Å². The second-order valence-corrected chi connectivity index (χ2v) is 0.